The van der Waals surface area contributed by atoms with Gasteiger partial charge in [0.15, 0.2) is 0 Å². The second-order valence-corrected chi connectivity index (χ2v) is 4.38. The lowest BCUT2D eigenvalue weighted by Gasteiger charge is -2.31. The van der Waals surface area contributed by atoms with Crippen LogP contribution >= 0.6 is 0 Å². The van der Waals surface area contributed by atoms with Gasteiger partial charge in [0, 0.05) is 19.0 Å². The van der Waals surface area contributed by atoms with Crippen LogP contribution in [0.1, 0.15) is 25.7 Å². The van der Waals surface area contributed by atoms with Crippen LogP contribution in [0, 0.1) is 17.2 Å². The number of hydrogen-bond donors (Lipinski definition) is 1. The molecule has 0 spiro atoms. The minimum absolute atomic E-state index is 0.0450. The fourth-order valence-electron chi connectivity index (χ4n) is 2.34. The maximum absolute atomic E-state index is 12.0. The minimum atomic E-state index is 0.0450. The Bertz CT molecular complexity index is 270. The molecule has 0 aromatic carbocycles. The fourth-order valence-corrected chi connectivity index (χ4v) is 2.34. The molecule has 4 nitrogen and oxygen atoms in total. The molecule has 4 heteroatoms. The Labute approximate surface area is 90.2 Å². The highest BCUT2D eigenvalue weighted by atomic mass is 16.2. The highest BCUT2D eigenvalue weighted by Crippen LogP contribution is 2.18. The predicted molar refractivity (Wildman–Crippen MR) is 55.9 cm³/mol. The van der Waals surface area contributed by atoms with Gasteiger partial charge in [-0.1, -0.05) is 0 Å². The lowest BCUT2D eigenvalue weighted by Crippen LogP contribution is -2.46. The van der Waals surface area contributed by atoms with E-state index in [4.69, 9.17) is 5.26 Å². The molecule has 2 heterocycles. The third-order valence-electron chi connectivity index (χ3n) is 3.35. The third-order valence-corrected chi connectivity index (χ3v) is 3.35. The number of rotatable bonds is 1. The van der Waals surface area contributed by atoms with Crippen LogP contribution in [0.15, 0.2) is 0 Å². The predicted octanol–water partition coefficient (Wildman–Crippen LogP) is 0.501. The fraction of sp³-hybridized carbons (Fsp3) is 0.818. The summed E-state index contributed by atoms with van der Waals surface area (Å²) in [5.41, 5.74) is 0. The van der Waals surface area contributed by atoms with E-state index in [0.29, 0.717) is 0 Å². The van der Waals surface area contributed by atoms with Crippen LogP contribution in [-0.2, 0) is 4.79 Å². The first-order chi connectivity index (χ1) is 7.31. The summed E-state index contributed by atoms with van der Waals surface area (Å²) in [7, 11) is 0. The van der Waals surface area contributed by atoms with E-state index in [2.05, 4.69) is 11.4 Å². The van der Waals surface area contributed by atoms with Crippen LogP contribution in [0.2, 0.25) is 0 Å². The summed E-state index contributed by atoms with van der Waals surface area (Å²) < 4.78 is 0. The standard InChI is InChI=1S/C11H17N3O/c12-8-9-3-6-14(7-4-9)11(15)10-2-1-5-13-10/h9-10,13H,1-7H2/t10-/m0/s1. The van der Waals surface area contributed by atoms with Crippen molar-refractivity contribution in [2.45, 2.75) is 31.7 Å². The van der Waals surface area contributed by atoms with E-state index < -0.39 is 0 Å². The molecular formula is C11H17N3O. The van der Waals surface area contributed by atoms with Crippen molar-refractivity contribution in [2.75, 3.05) is 19.6 Å². The average molecular weight is 207 g/mol. The van der Waals surface area contributed by atoms with Crippen LogP contribution in [-0.4, -0.2) is 36.5 Å². The third kappa shape index (κ3) is 2.29. The molecule has 0 aromatic heterocycles. The summed E-state index contributed by atoms with van der Waals surface area (Å²) in [6.45, 7) is 2.48. The van der Waals surface area contributed by atoms with E-state index in [-0.39, 0.29) is 17.9 Å². The second-order valence-electron chi connectivity index (χ2n) is 4.38. The summed E-state index contributed by atoms with van der Waals surface area (Å²) in [6, 6.07) is 2.32. The molecule has 1 N–H and O–H groups in total. The van der Waals surface area contributed by atoms with Crippen LogP contribution < -0.4 is 5.32 Å². The Balaban J connectivity index is 1.84. The topological polar surface area (TPSA) is 56.1 Å². The van der Waals surface area contributed by atoms with Crippen molar-refractivity contribution >= 4 is 5.91 Å². The molecule has 2 aliphatic heterocycles. The molecule has 82 valence electrons. The Hall–Kier alpha value is -1.08. The maximum Gasteiger partial charge on any atom is 0.239 e. The number of carbonyl (C=O) groups is 1. The van der Waals surface area contributed by atoms with Crippen molar-refractivity contribution in [3.63, 3.8) is 0 Å². The number of amides is 1. The van der Waals surface area contributed by atoms with Gasteiger partial charge in [-0.25, -0.2) is 0 Å². The average Bonchev–Trinajstić information content (AvgIpc) is 2.82. The Kier molecular flexibility index (Phi) is 3.22. The van der Waals surface area contributed by atoms with Crippen LogP contribution in [0.5, 0.6) is 0 Å². The number of nitriles is 1. The Morgan fingerprint density at radius 2 is 2.07 bits per heavy atom. The number of nitrogens with one attached hydrogen (secondary N) is 1. The molecule has 15 heavy (non-hydrogen) atoms. The molecule has 0 unspecified atom stereocenters. The smallest absolute Gasteiger partial charge is 0.239 e. The molecule has 0 radical (unpaired) electrons. The van der Waals surface area contributed by atoms with Crippen LogP contribution in [0.25, 0.3) is 0 Å². The highest BCUT2D eigenvalue weighted by Gasteiger charge is 2.29. The summed E-state index contributed by atoms with van der Waals surface area (Å²) in [6.07, 6.45) is 3.76. The zero-order valence-corrected chi connectivity index (χ0v) is 8.91. The molecule has 2 saturated heterocycles. The number of nitrogens with zero attached hydrogens (tertiary/aromatic N) is 2. The van der Waals surface area contributed by atoms with Gasteiger partial charge in [-0.3, -0.25) is 4.79 Å². The van der Waals surface area contributed by atoms with Crippen molar-refractivity contribution in [1.82, 2.24) is 10.2 Å². The van der Waals surface area contributed by atoms with Crippen molar-refractivity contribution in [2.24, 2.45) is 5.92 Å². The van der Waals surface area contributed by atoms with E-state index in [0.717, 1.165) is 45.3 Å². The van der Waals surface area contributed by atoms with Crippen molar-refractivity contribution in [3.8, 4) is 6.07 Å². The SMILES string of the molecule is N#CC1CCN(C(=O)[C@@H]2CCCN2)CC1. The summed E-state index contributed by atoms with van der Waals surface area (Å²) in [5.74, 6) is 0.398. The van der Waals surface area contributed by atoms with Gasteiger partial charge in [-0.2, -0.15) is 5.26 Å². The number of likely N-dealkylation sites (tertiary alicyclic amines) is 1. The molecule has 1 amide bonds. The van der Waals surface area contributed by atoms with E-state index in [9.17, 15) is 4.79 Å². The maximum atomic E-state index is 12.0. The first-order valence-corrected chi connectivity index (χ1v) is 5.73. The molecule has 0 saturated carbocycles. The number of hydrogen-bond acceptors (Lipinski definition) is 3. The molecule has 2 aliphatic rings. The molecule has 0 bridgehead atoms. The first-order valence-electron chi connectivity index (χ1n) is 5.73. The molecule has 2 fully saturated rings. The Morgan fingerprint density at radius 1 is 1.33 bits per heavy atom. The zero-order valence-electron chi connectivity index (χ0n) is 8.91. The zero-order chi connectivity index (χ0) is 10.7. The Morgan fingerprint density at radius 3 is 2.60 bits per heavy atom. The largest absolute Gasteiger partial charge is 0.341 e. The van der Waals surface area contributed by atoms with E-state index in [1.807, 2.05) is 4.90 Å². The van der Waals surface area contributed by atoms with E-state index >= 15 is 0 Å². The number of piperidine rings is 1. The van der Waals surface area contributed by atoms with Crippen LogP contribution in [0.4, 0.5) is 0 Å². The van der Waals surface area contributed by atoms with Crippen molar-refractivity contribution in [3.05, 3.63) is 0 Å². The highest BCUT2D eigenvalue weighted by molar-refractivity contribution is 5.82. The second kappa shape index (κ2) is 4.63. The summed E-state index contributed by atoms with van der Waals surface area (Å²) >= 11 is 0. The summed E-state index contributed by atoms with van der Waals surface area (Å²) in [5, 5.41) is 12.0. The lowest BCUT2D eigenvalue weighted by molar-refractivity contribution is -0.134. The normalized spacial score (nSPS) is 27.7. The monoisotopic (exact) mass is 207 g/mol. The first kappa shape index (κ1) is 10.4. The molecular weight excluding hydrogens is 190 g/mol. The molecule has 0 aliphatic carbocycles. The van der Waals surface area contributed by atoms with Gasteiger partial charge >= 0.3 is 0 Å². The van der Waals surface area contributed by atoms with Crippen molar-refractivity contribution < 1.29 is 4.79 Å². The van der Waals surface area contributed by atoms with Crippen molar-refractivity contribution in [1.29, 1.82) is 5.26 Å². The number of carbonyl (C=O) groups excluding carboxylic acids is 1. The van der Waals surface area contributed by atoms with Gasteiger partial charge in [-0.05, 0) is 32.2 Å². The van der Waals surface area contributed by atoms with Crippen LogP contribution in [0.3, 0.4) is 0 Å². The molecule has 0 aromatic rings. The summed E-state index contributed by atoms with van der Waals surface area (Å²) in [4.78, 5) is 13.9. The van der Waals surface area contributed by atoms with E-state index in [1.165, 1.54) is 0 Å². The lowest BCUT2D eigenvalue weighted by atomic mass is 9.98. The van der Waals surface area contributed by atoms with Gasteiger partial charge in [-0.15, -0.1) is 0 Å². The minimum Gasteiger partial charge on any atom is -0.341 e. The van der Waals surface area contributed by atoms with Gasteiger partial charge in [0.1, 0.15) is 0 Å². The molecule has 1 atom stereocenters. The van der Waals surface area contributed by atoms with Gasteiger partial charge in [0.2, 0.25) is 5.91 Å². The molecule has 2 rings (SSSR count). The van der Waals surface area contributed by atoms with E-state index in [1.54, 1.807) is 0 Å². The van der Waals surface area contributed by atoms with Gasteiger partial charge in [0.05, 0.1) is 12.1 Å². The van der Waals surface area contributed by atoms with Gasteiger partial charge in [0.25, 0.3) is 0 Å². The quantitative estimate of drug-likeness (QED) is 0.681. The van der Waals surface area contributed by atoms with Gasteiger partial charge < -0.3 is 10.2 Å².